The van der Waals surface area contributed by atoms with E-state index >= 15 is 0 Å². The van der Waals surface area contributed by atoms with Gasteiger partial charge in [0.25, 0.3) is 0 Å². The fourth-order valence-corrected chi connectivity index (χ4v) is 3.40. The lowest BCUT2D eigenvalue weighted by atomic mass is 10.1. The monoisotopic (exact) mass is 431 g/mol. The third-order valence-corrected chi connectivity index (χ3v) is 4.94. The predicted octanol–water partition coefficient (Wildman–Crippen LogP) is 3.76. The van der Waals surface area contributed by atoms with Gasteiger partial charge < -0.3 is 15.4 Å². The predicted molar refractivity (Wildman–Crippen MR) is 126 cm³/mol. The first kappa shape index (κ1) is 23.0. The Hall–Kier alpha value is -3.64. The van der Waals surface area contributed by atoms with Crippen molar-refractivity contribution in [2.75, 3.05) is 25.5 Å². The van der Waals surface area contributed by atoms with Gasteiger partial charge in [-0.05, 0) is 35.7 Å². The summed E-state index contributed by atoms with van der Waals surface area (Å²) in [6, 6.07) is 25.6. The summed E-state index contributed by atoms with van der Waals surface area (Å²) in [6.07, 6.45) is 0. The van der Waals surface area contributed by atoms with Gasteiger partial charge in [-0.3, -0.25) is 14.5 Å². The van der Waals surface area contributed by atoms with Gasteiger partial charge in [-0.15, -0.1) is 0 Å². The first-order valence-electron chi connectivity index (χ1n) is 10.5. The summed E-state index contributed by atoms with van der Waals surface area (Å²) in [5, 5.41) is 5.52. The van der Waals surface area contributed by atoms with Gasteiger partial charge in [0, 0.05) is 13.1 Å². The highest BCUT2D eigenvalue weighted by atomic mass is 16.5. The maximum atomic E-state index is 12.6. The molecule has 0 aliphatic rings. The van der Waals surface area contributed by atoms with Gasteiger partial charge in [0.1, 0.15) is 5.75 Å². The number of rotatable bonds is 10. The van der Waals surface area contributed by atoms with Crippen molar-refractivity contribution >= 4 is 17.5 Å². The number of aryl methyl sites for hydroxylation is 1. The zero-order chi connectivity index (χ0) is 22.8. The molecule has 6 nitrogen and oxygen atoms in total. The molecule has 0 heterocycles. The van der Waals surface area contributed by atoms with E-state index in [1.165, 1.54) is 0 Å². The van der Waals surface area contributed by atoms with E-state index in [4.69, 9.17) is 4.74 Å². The highest BCUT2D eigenvalue weighted by Crippen LogP contribution is 2.24. The number of benzene rings is 3. The van der Waals surface area contributed by atoms with Crippen LogP contribution in [0.4, 0.5) is 5.69 Å². The lowest BCUT2D eigenvalue weighted by Crippen LogP contribution is -2.40. The van der Waals surface area contributed by atoms with E-state index in [0.717, 1.165) is 16.7 Å². The molecule has 0 aromatic heterocycles. The highest BCUT2D eigenvalue weighted by Gasteiger charge is 2.14. The first-order chi connectivity index (χ1) is 15.5. The van der Waals surface area contributed by atoms with Crippen LogP contribution in [0, 0.1) is 6.92 Å². The Morgan fingerprint density at radius 2 is 1.44 bits per heavy atom. The smallest absolute Gasteiger partial charge is 0.243 e. The lowest BCUT2D eigenvalue weighted by Gasteiger charge is -2.22. The molecule has 3 rings (SSSR count). The average Bonchev–Trinajstić information content (AvgIpc) is 2.79. The standard InChI is InChI=1S/C26H29N3O3/c1-20-13-14-24(32-2)23(15-20)28-25(30)16-27-26(31)19-29(17-21-9-5-3-6-10-21)18-22-11-7-4-8-12-22/h3-15H,16-19H2,1-2H3,(H,27,31)(H,28,30). The quantitative estimate of drug-likeness (QED) is 0.513. The molecular weight excluding hydrogens is 402 g/mol. The van der Waals surface area contributed by atoms with Crippen molar-refractivity contribution in [2.24, 2.45) is 0 Å². The van der Waals surface area contributed by atoms with Crippen molar-refractivity contribution in [1.29, 1.82) is 0 Å². The van der Waals surface area contributed by atoms with Gasteiger partial charge in [-0.2, -0.15) is 0 Å². The Bertz CT molecular complexity index is 982. The second kappa shape index (κ2) is 11.7. The molecule has 2 N–H and O–H groups in total. The van der Waals surface area contributed by atoms with E-state index in [1.807, 2.05) is 79.7 Å². The Balaban J connectivity index is 1.57. The van der Waals surface area contributed by atoms with E-state index < -0.39 is 0 Å². The van der Waals surface area contributed by atoms with Crippen molar-refractivity contribution in [3.05, 3.63) is 95.6 Å². The van der Waals surface area contributed by atoms with E-state index in [-0.39, 0.29) is 24.9 Å². The Morgan fingerprint density at radius 3 is 2.00 bits per heavy atom. The molecule has 0 atom stereocenters. The number of carbonyl (C=O) groups is 2. The summed E-state index contributed by atoms with van der Waals surface area (Å²) >= 11 is 0. The summed E-state index contributed by atoms with van der Waals surface area (Å²) in [4.78, 5) is 27.0. The molecule has 166 valence electrons. The summed E-state index contributed by atoms with van der Waals surface area (Å²) < 4.78 is 5.28. The molecule has 6 heteroatoms. The fraction of sp³-hybridized carbons (Fsp3) is 0.231. The number of carbonyl (C=O) groups excluding carboxylic acids is 2. The normalized spacial score (nSPS) is 10.6. The zero-order valence-corrected chi connectivity index (χ0v) is 18.5. The van der Waals surface area contributed by atoms with Crippen LogP contribution in [0.3, 0.4) is 0 Å². The molecule has 0 bridgehead atoms. The molecule has 0 saturated heterocycles. The average molecular weight is 432 g/mol. The van der Waals surface area contributed by atoms with Crippen molar-refractivity contribution in [3.63, 3.8) is 0 Å². The summed E-state index contributed by atoms with van der Waals surface area (Å²) in [5.74, 6) is 0.0651. The second-order valence-electron chi connectivity index (χ2n) is 7.65. The van der Waals surface area contributed by atoms with Crippen LogP contribution in [0.15, 0.2) is 78.9 Å². The summed E-state index contributed by atoms with van der Waals surface area (Å²) in [5.41, 5.74) is 3.84. The number of hydrogen-bond donors (Lipinski definition) is 2. The van der Waals surface area contributed by atoms with Crippen molar-refractivity contribution in [3.8, 4) is 5.75 Å². The van der Waals surface area contributed by atoms with Crippen LogP contribution in [-0.2, 0) is 22.7 Å². The minimum atomic E-state index is -0.306. The largest absolute Gasteiger partial charge is 0.495 e. The third kappa shape index (κ3) is 7.25. The number of nitrogens with one attached hydrogen (secondary N) is 2. The van der Waals surface area contributed by atoms with Crippen LogP contribution in [0.2, 0.25) is 0 Å². The fourth-order valence-electron chi connectivity index (χ4n) is 3.40. The van der Waals surface area contributed by atoms with Crippen LogP contribution in [0.5, 0.6) is 5.75 Å². The summed E-state index contributed by atoms with van der Waals surface area (Å²) in [6.45, 7) is 3.28. The van der Waals surface area contributed by atoms with Gasteiger partial charge in [-0.1, -0.05) is 66.7 Å². The Morgan fingerprint density at radius 1 is 0.844 bits per heavy atom. The SMILES string of the molecule is COc1ccc(C)cc1NC(=O)CNC(=O)CN(Cc1ccccc1)Cc1ccccc1. The van der Waals surface area contributed by atoms with Crippen molar-refractivity contribution in [2.45, 2.75) is 20.0 Å². The van der Waals surface area contributed by atoms with E-state index in [1.54, 1.807) is 13.2 Å². The molecular formula is C26H29N3O3. The van der Waals surface area contributed by atoms with Crippen molar-refractivity contribution in [1.82, 2.24) is 10.2 Å². The van der Waals surface area contributed by atoms with Gasteiger partial charge >= 0.3 is 0 Å². The van der Waals surface area contributed by atoms with Crippen molar-refractivity contribution < 1.29 is 14.3 Å². The van der Waals surface area contributed by atoms with Crippen LogP contribution >= 0.6 is 0 Å². The summed E-state index contributed by atoms with van der Waals surface area (Å²) in [7, 11) is 1.55. The van der Waals surface area contributed by atoms with Gasteiger partial charge in [0.2, 0.25) is 11.8 Å². The number of anilines is 1. The number of methoxy groups -OCH3 is 1. The first-order valence-corrected chi connectivity index (χ1v) is 10.5. The number of amides is 2. The number of hydrogen-bond acceptors (Lipinski definition) is 4. The molecule has 0 spiro atoms. The molecule has 0 saturated carbocycles. The van der Waals surface area contributed by atoms with E-state index in [9.17, 15) is 9.59 Å². The highest BCUT2D eigenvalue weighted by molar-refractivity contribution is 5.96. The molecule has 0 aliphatic heterocycles. The Labute approximate surface area is 189 Å². The lowest BCUT2D eigenvalue weighted by molar-refractivity contribution is -0.125. The van der Waals surface area contributed by atoms with E-state index in [2.05, 4.69) is 15.5 Å². The number of nitrogens with zero attached hydrogens (tertiary/aromatic N) is 1. The minimum absolute atomic E-state index is 0.111. The molecule has 32 heavy (non-hydrogen) atoms. The van der Waals surface area contributed by atoms with Crippen LogP contribution in [-0.4, -0.2) is 36.9 Å². The molecule has 2 amide bonds. The zero-order valence-electron chi connectivity index (χ0n) is 18.5. The molecule has 0 aliphatic carbocycles. The minimum Gasteiger partial charge on any atom is -0.495 e. The molecule has 0 radical (unpaired) electrons. The topological polar surface area (TPSA) is 70.7 Å². The van der Waals surface area contributed by atoms with Crippen LogP contribution < -0.4 is 15.4 Å². The molecule has 0 fully saturated rings. The third-order valence-electron chi connectivity index (χ3n) is 4.94. The molecule has 0 unspecified atom stereocenters. The van der Waals surface area contributed by atoms with E-state index in [0.29, 0.717) is 24.5 Å². The van der Waals surface area contributed by atoms with Gasteiger partial charge in [0.15, 0.2) is 0 Å². The maximum absolute atomic E-state index is 12.6. The Kier molecular flexibility index (Phi) is 8.40. The molecule has 3 aromatic rings. The number of ether oxygens (including phenoxy) is 1. The second-order valence-corrected chi connectivity index (χ2v) is 7.65. The van der Waals surface area contributed by atoms with Gasteiger partial charge in [0.05, 0.1) is 25.9 Å². The van der Waals surface area contributed by atoms with Crippen LogP contribution in [0.25, 0.3) is 0 Å². The molecule has 3 aromatic carbocycles. The van der Waals surface area contributed by atoms with Gasteiger partial charge in [-0.25, -0.2) is 0 Å². The van der Waals surface area contributed by atoms with Crippen LogP contribution in [0.1, 0.15) is 16.7 Å². The maximum Gasteiger partial charge on any atom is 0.243 e.